The van der Waals surface area contributed by atoms with E-state index in [-0.39, 0.29) is 11.7 Å². The number of hydrogen-bond acceptors (Lipinski definition) is 2. The fraction of sp³-hybridized carbons (Fsp3) is 0.348. The maximum atomic E-state index is 14.0. The van der Waals surface area contributed by atoms with Crippen LogP contribution in [0.4, 0.5) is 4.39 Å². The van der Waals surface area contributed by atoms with Crippen molar-refractivity contribution in [3.05, 3.63) is 71.2 Å². The van der Waals surface area contributed by atoms with Crippen LogP contribution in [0.3, 0.4) is 0 Å². The number of aromatic nitrogens is 1. The highest BCUT2D eigenvalue weighted by Crippen LogP contribution is 2.33. The van der Waals surface area contributed by atoms with Crippen molar-refractivity contribution in [3.63, 3.8) is 0 Å². The standard InChI is InChI=1S/C23H24FN3O/c1-15-20(19-8-5-9-21(24)23(19)25-15)11-22(28)27-14-17-10-18(27)13-26(17)12-16-6-3-2-4-7-16/h2-9,17-18,25H,10-14H2,1H3. The number of aryl methyl sites for hydroxylation is 1. The SMILES string of the molecule is Cc1[nH]c2c(F)cccc2c1CC(=O)N1CC2CC1CN2Cc1ccccc1. The van der Waals surface area contributed by atoms with Crippen LogP contribution < -0.4 is 0 Å². The molecular formula is C23H24FN3O. The predicted molar refractivity (Wildman–Crippen MR) is 107 cm³/mol. The second-order valence-electron chi connectivity index (χ2n) is 8.07. The number of nitrogens with one attached hydrogen (secondary N) is 1. The van der Waals surface area contributed by atoms with Crippen LogP contribution in [0.1, 0.15) is 23.2 Å². The maximum absolute atomic E-state index is 14.0. The van der Waals surface area contributed by atoms with Crippen LogP contribution >= 0.6 is 0 Å². The lowest BCUT2D eigenvalue weighted by Crippen LogP contribution is -2.48. The van der Waals surface area contributed by atoms with E-state index < -0.39 is 0 Å². The molecule has 4 nitrogen and oxygen atoms in total. The first-order valence-corrected chi connectivity index (χ1v) is 9.93. The Kier molecular flexibility index (Phi) is 4.20. The van der Waals surface area contributed by atoms with E-state index >= 15 is 0 Å². The topological polar surface area (TPSA) is 39.3 Å². The number of carbonyl (C=O) groups excluding carboxylic acids is 1. The van der Waals surface area contributed by atoms with E-state index in [0.29, 0.717) is 24.0 Å². The van der Waals surface area contributed by atoms with Crippen LogP contribution in [0.15, 0.2) is 48.5 Å². The lowest BCUT2D eigenvalue weighted by Gasteiger charge is -2.34. The highest BCUT2D eigenvalue weighted by molar-refractivity contribution is 5.90. The molecule has 2 unspecified atom stereocenters. The van der Waals surface area contributed by atoms with Gasteiger partial charge in [0.05, 0.1) is 11.9 Å². The summed E-state index contributed by atoms with van der Waals surface area (Å²) in [5, 5.41) is 0.820. The summed E-state index contributed by atoms with van der Waals surface area (Å²) < 4.78 is 14.0. The molecule has 0 radical (unpaired) electrons. The van der Waals surface area contributed by atoms with Crippen molar-refractivity contribution in [3.8, 4) is 0 Å². The third-order valence-electron chi connectivity index (χ3n) is 6.33. The highest BCUT2D eigenvalue weighted by atomic mass is 19.1. The minimum absolute atomic E-state index is 0.153. The molecule has 2 aromatic carbocycles. The van der Waals surface area contributed by atoms with Crippen molar-refractivity contribution in [1.82, 2.24) is 14.8 Å². The number of halogens is 1. The monoisotopic (exact) mass is 377 g/mol. The zero-order valence-corrected chi connectivity index (χ0v) is 16.0. The quantitative estimate of drug-likeness (QED) is 0.754. The second-order valence-corrected chi connectivity index (χ2v) is 8.07. The number of nitrogens with zero attached hydrogens (tertiary/aromatic N) is 2. The van der Waals surface area contributed by atoms with Crippen LogP contribution in [-0.4, -0.2) is 45.9 Å². The number of hydrogen-bond donors (Lipinski definition) is 1. The van der Waals surface area contributed by atoms with Gasteiger partial charge in [-0.2, -0.15) is 0 Å². The Hall–Kier alpha value is -2.66. The Bertz CT molecular complexity index is 1030. The van der Waals surface area contributed by atoms with Crippen LogP contribution in [0.25, 0.3) is 10.9 Å². The lowest BCUT2D eigenvalue weighted by atomic mass is 10.1. The van der Waals surface area contributed by atoms with Crippen molar-refractivity contribution >= 4 is 16.8 Å². The van der Waals surface area contributed by atoms with Gasteiger partial charge in [-0.25, -0.2) is 4.39 Å². The number of amides is 1. The van der Waals surface area contributed by atoms with Gasteiger partial charge in [-0.15, -0.1) is 0 Å². The molecule has 1 N–H and O–H groups in total. The Morgan fingerprint density at radius 2 is 1.93 bits per heavy atom. The third-order valence-corrected chi connectivity index (χ3v) is 6.33. The van der Waals surface area contributed by atoms with E-state index in [9.17, 15) is 9.18 Å². The predicted octanol–water partition coefficient (Wildman–Crippen LogP) is 3.64. The molecule has 2 aliphatic heterocycles. The van der Waals surface area contributed by atoms with Gasteiger partial charge >= 0.3 is 0 Å². The minimum atomic E-state index is -0.268. The van der Waals surface area contributed by atoms with Crippen LogP contribution in [-0.2, 0) is 17.8 Å². The van der Waals surface area contributed by atoms with Gasteiger partial charge in [0.2, 0.25) is 5.91 Å². The van der Waals surface area contributed by atoms with Gasteiger partial charge < -0.3 is 9.88 Å². The van der Waals surface area contributed by atoms with Crippen molar-refractivity contribution < 1.29 is 9.18 Å². The van der Waals surface area contributed by atoms with Crippen LogP contribution in [0.2, 0.25) is 0 Å². The molecule has 2 aliphatic rings. The number of rotatable bonds is 4. The van der Waals surface area contributed by atoms with Gasteiger partial charge in [0, 0.05) is 42.8 Å². The summed E-state index contributed by atoms with van der Waals surface area (Å²) >= 11 is 0. The van der Waals surface area contributed by atoms with Crippen molar-refractivity contribution in [2.45, 2.75) is 38.4 Å². The summed E-state index contributed by atoms with van der Waals surface area (Å²) in [7, 11) is 0. The van der Waals surface area contributed by atoms with E-state index in [1.165, 1.54) is 11.6 Å². The average molecular weight is 377 g/mol. The Labute approximate surface area is 163 Å². The van der Waals surface area contributed by atoms with Crippen LogP contribution in [0.5, 0.6) is 0 Å². The average Bonchev–Trinajstić information content (AvgIpc) is 3.37. The van der Waals surface area contributed by atoms with Gasteiger partial charge in [0.25, 0.3) is 0 Å². The summed E-state index contributed by atoms with van der Waals surface area (Å²) in [5.41, 5.74) is 3.62. The number of carbonyl (C=O) groups is 1. The van der Waals surface area contributed by atoms with Gasteiger partial charge in [0.1, 0.15) is 5.82 Å². The molecule has 2 atom stereocenters. The second kappa shape index (κ2) is 6.74. The summed E-state index contributed by atoms with van der Waals surface area (Å²) in [5.74, 6) is -0.115. The van der Waals surface area contributed by atoms with Crippen molar-refractivity contribution in [2.75, 3.05) is 13.1 Å². The number of likely N-dealkylation sites (tertiary alicyclic amines) is 2. The largest absolute Gasteiger partial charge is 0.356 e. The molecule has 28 heavy (non-hydrogen) atoms. The molecule has 0 spiro atoms. The highest BCUT2D eigenvalue weighted by Gasteiger charge is 2.44. The van der Waals surface area contributed by atoms with E-state index in [1.54, 1.807) is 6.07 Å². The fourth-order valence-electron chi connectivity index (χ4n) is 4.91. The number of H-pyrrole nitrogens is 1. The number of piperazine rings is 1. The van der Waals surface area contributed by atoms with Crippen LogP contribution in [0, 0.1) is 12.7 Å². The summed E-state index contributed by atoms with van der Waals surface area (Å²) in [6, 6.07) is 16.3. The zero-order chi connectivity index (χ0) is 19.3. The number of fused-ring (bicyclic) bond motifs is 3. The third kappa shape index (κ3) is 2.90. The summed E-state index contributed by atoms with van der Waals surface area (Å²) in [6.07, 6.45) is 1.39. The molecule has 144 valence electrons. The summed E-state index contributed by atoms with van der Waals surface area (Å²) in [6.45, 7) is 4.60. The smallest absolute Gasteiger partial charge is 0.227 e. The Balaban J connectivity index is 1.29. The first-order chi connectivity index (χ1) is 13.6. The van der Waals surface area contributed by atoms with E-state index in [1.807, 2.05) is 24.0 Å². The molecule has 3 aromatic rings. The first kappa shape index (κ1) is 17.4. The Morgan fingerprint density at radius 1 is 1.11 bits per heavy atom. The molecule has 2 fully saturated rings. The van der Waals surface area contributed by atoms with Crippen molar-refractivity contribution in [2.24, 2.45) is 0 Å². The molecule has 0 aliphatic carbocycles. The molecule has 5 heteroatoms. The van der Waals surface area contributed by atoms with Gasteiger partial charge in [-0.1, -0.05) is 42.5 Å². The van der Waals surface area contributed by atoms with E-state index in [2.05, 4.69) is 34.1 Å². The van der Waals surface area contributed by atoms with Crippen molar-refractivity contribution in [1.29, 1.82) is 0 Å². The zero-order valence-electron chi connectivity index (χ0n) is 16.0. The van der Waals surface area contributed by atoms with E-state index in [4.69, 9.17) is 0 Å². The summed E-state index contributed by atoms with van der Waals surface area (Å²) in [4.78, 5) is 20.7. The molecule has 2 saturated heterocycles. The van der Waals surface area contributed by atoms with Gasteiger partial charge in [-0.05, 0) is 30.5 Å². The fourth-order valence-corrected chi connectivity index (χ4v) is 4.91. The number of benzene rings is 2. The Morgan fingerprint density at radius 3 is 2.68 bits per heavy atom. The first-order valence-electron chi connectivity index (χ1n) is 9.93. The maximum Gasteiger partial charge on any atom is 0.227 e. The molecule has 0 saturated carbocycles. The number of para-hydroxylation sites is 1. The number of aromatic amines is 1. The molecule has 5 rings (SSSR count). The molecule has 1 amide bonds. The lowest BCUT2D eigenvalue weighted by molar-refractivity contribution is -0.132. The molecule has 1 aromatic heterocycles. The van der Waals surface area contributed by atoms with E-state index in [0.717, 1.165) is 42.7 Å². The van der Waals surface area contributed by atoms with Gasteiger partial charge in [-0.3, -0.25) is 9.69 Å². The normalized spacial score (nSPS) is 21.7. The molecule has 2 bridgehead atoms. The molecule has 3 heterocycles. The molecular weight excluding hydrogens is 353 g/mol. The van der Waals surface area contributed by atoms with Gasteiger partial charge in [0.15, 0.2) is 0 Å². The minimum Gasteiger partial charge on any atom is -0.356 e.